The van der Waals surface area contributed by atoms with Crippen molar-refractivity contribution in [2.45, 2.75) is 44.2 Å². The number of aromatic hydroxyl groups is 1. The maximum absolute atomic E-state index is 13.0. The molecule has 4 rings (SSSR count). The van der Waals surface area contributed by atoms with Gasteiger partial charge in [0.05, 0.1) is 21.5 Å². The number of ether oxygens (including phenoxy) is 1. The molecular weight excluding hydrogens is 418 g/mol. The first kappa shape index (κ1) is 21.3. The van der Waals surface area contributed by atoms with Gasteiger partial charge in [-0.25, -0.2) is 18.2 Å². The SMILES string of the molecule is CCn1c(COC(=O)c2cccc(O)c2)nc2cc(S(=O)(=O)N3CCCCC3)ccc21. The number of benzene rings is 2. The van der Waals surface area contributed by atoms with Crippen molar-refractivity contribution in [3.05, 3.63) is 53.9 Å². The predicted octanol–water partition coefficient (Wildman–Crippen LogP) is 3.29. The maximum atomic E-state index is 13.0. The van der Waals surface area contributed by atoms with E-state index >= 15 is 0 Å². The van der Waals surface area contributed by atoms with Crippen molar-refractivity contribution in [3.63, 3.8) is 0 Å². The van der Waals surface area contributed by atoms with Crippen molar-refractivity contribution < 1.29 is 23.1 Å². The van der Waals surface area contributed by atoms with Crippen LogP contribution in [0.3, 0.4) is 0 Å². The minimum Gasteiger partial charge on any atom is -0.508 e. The summed E-state index contributed by atoms with van der Waals surface area (Å²) in [6, 6.07) is 10.9. The highest BCUT2D eigenvalue weighted by Crippen LogP contribution is 2.25. The average molecular weight is 444 g/mol. The molecule has 0 bridgehead atoms. The van der Waals surface area contributed by atoms with E-state index in [4.69, 9.17) is 4.74 Å². The van der Waals surface area contributed by atoms with E-state index in [-0.39, 0.29) is 22.8 Å². The van der Waals surface area contributed by atoms with Crippen molar-refractivity contribution in [1.82, 2.24) is 13.9 Å². The van der Waals surface area contributed by atoms with Crippen LogP contribution >= 0.6 is 0 Å². The molecule has 1 aliphatic heterocycles. The molecule has 0 spiro atoms. The van der Waals surface area contributed by atoms with Crippen molar-refractivity contribution in [1.29, 1.82) is 0 Å². The van der Waals surface area contributed by atoms with Crippen LogP contribution in [0.15, 0.2) is 47.4 Å². The number of carbonyl (C=O) groups is 1. The van der Waals surface area contributed by atoms with Crippen LogP contribution < -0.4 is 0 Å². The van der Waals surface area contributed by atoms with E-state index in [1.807, 2.05) is 11.5 Å². The van der Waals surface area contributed by atoms with Crippen LogP contribution in [0.1, 0.15) is 42.4 Å². The number of esters is 1. The number of aryl methyl sites for hydroxylation is 1. The van der Waals surface area contributed by atoms with Gasteiger partial charge in [0.25, 0.3) is 0 Å². The normalized spacial score (nSPS) is 15.3. The van der Waals surface area contributed by atoms with Crippen molar-refractivity contribution in [3.8, 4) is 5.75 Å². The molecule has 31 heavy (non-hydrogen) atoms. The minimum atomic E-state index is -3.55. The number of nitrogens with zero attached hydrogens (tertiary/aromatic N) is 3. The second kappa shape index (κ2) is 8.68. The number of rotatable bonds is 6. The Labute approximate surface area is 181 Å². The Morgan fingerprint density at radius 2 is 1.90 bits per heavy atom. The highest BCUT2D eigenvalue weighted by Gasteiger charge is 2.26. The molecule has 0 saturated carbocycles. The van der Waals surface area contributed by atoms with Gasteiger partial charge in [-0.15, -0.1) is 0 Å². The molecule has 1 N–H and O–H groups in total. The average Bonchev–Trinajstić information content (AvgIpc) is 3.14. The van der Waals surface area contributed by atoms with Crippen molar-refractivity contribution in [2.75, 3.05) is 13.1 Å². The molecule has 0 aliphatic carbocycles. The van der Waals surface area contributed by atoms with E-state index in [0.29, 0.717) is 31.0 Å². The first-order valence-electron chi connectivity index (χ1n) is 10.4. The van der Waals surface area contributed by atoms with Gasteiger partial charge in [0, 0.05) is 19.6 Å². The fraction of sp³-hybridized carbons (Fsp3) is 0.364. The standard InChI is InChI=1S/C22H25N3O5S/c1-2-25-20-10-9-18(31(28,29)24-11-4-3-5-12-24)14-19(20)23-21(25)15-30-22(27)16-7-6-8-17(26)13-16/h6-10,13-14,26H,2-5,11-12,15H2,1H3. The van der Waals surface area contributed by atoms with Crippen LogP contribution in [0.25, 0.3) is 11.0 Å². The Hall–Kier alpha value is -2.91. The number of aromatic nitrogens is 2. The topological polar surface area (TPSA) is 102 Å². The summed E-state index contributed by atoms with van der Waals surface area (Å²) in [6.45, 7) is 3.55. The summed E-state index contributed by atoms with van der Waals surface area (Å²) in [5, 5.41) is 9.53. The lowest BCUT2D eigenvalue weighted by Gasteiger charge is -2.25. The van der Waals surface area contributed by atoms with Crippen LogP contribution in [-0.2, 0) is 27.9 Å². The Balaban J connectivity index is 1.59. The number of carbonyl (C=O) groups excluding carboxylic acids is 1. The number of fused-ring (bicyclic) bond motifs is 1. The molecule has 1 saturated heterocycles. The van der Waals surface area contributed by atoms with E-state index < -0.39 is 16.0 Å². The van der Waals surface area contributed by atoms with Crippen molar-refractivity contribution >= 4 is 27.0 Å². The summed E-state index contributed by atoms with van der Waals surface area (Å²) in [5.74, 6) is -0.0600. The highest BCUT2D eigenvalue weighted by molar-refractivity contribution is 7.89. The van der Waals surface area contributed by atoms with Gasteiger partial charge in [-0.3, -0.25) is 0 Å². The molecular formula is C22H25N3O5S. The van der Waals surface area contributed by atoms with E-state index in [0.717, 1.165) is 24.8 Å². The van der Waals surface area contributed by atoms with Crippen LogP contribution in [0.5, 0.6) is 5.75 Å². The molecule has 2 aromatic carbocycles. The molecule has 1 aromatic heterocycles. The zero-order valence-corrected chi connectivity index (χ0v) is 18.1. The number of hydrogen-bond acceptors (Lipinski definition) is 6. The Bertz CT molecular complexity index is 1210. The largest absolute Gasteiger partial charge is 0.508 e. The molecule has 8 nitrogen and oxygen atoms in total. The minimum absolute atomic E-state index is 0.0160. The zero-order chi connectivity index (χ0) is 22.0. The molecule has 3 aromatic rings. The summed E-state index contributed by atoms with van der Waals surface area (Å²) in [6.07, 6.45) is 2.80. The fourth-order valence-electron chi connectivity index (χ4n) is 3.88. The number of piperidine rings is 1. The number of sulfonamides is 1. The van der Waals surface area contributed by atoms with Crippen LogP contribution in [0.4, 0.5) is 0 Å². The lowest BCUT2D eigenvalue weighted by Crippen LogP contribution is -2.35. The summed E-state index contributed by atoms with van der Waals surface area (Å²) >= 11 is 0. The summed E-state index contributed by atoms with van der Waals surface area (Å²) in [5.41, 5.74) is 1.57. The van der Waals surface area contributed by atoms with E-state index in [1.54, 1.807) is 30.3 Å². The molecule has 0 unspecified atom stereocenters. The Morgan fingerprint density at radius 1 is 1.13 bits per heavy atom. The van der Waals surface area contributed by atoms with Crippen LogP contribution in [-0.4, -0.2) is 46.4 Å². The molecule has 0 atom stereocenters. The first-order valence-corrected chi connectivity index (χ1v) is 11.8. The van der Waals surface area contributed by atoms with Gasteiger partial charge in [-0.05, 0) is 56.2 Å². The number of phenolic OH excluding ortho intramolecular Hbond substituents is 1. The molecule has 1 fully saturated rings. The molecule has 9 heteroatoms. The van der Waals surface area contributed by atoms with E-state index in [2.05, 4.69) is 4.98 Å². The molecule has 2 heterocycles. The number of imidazole rings is 1. The van der Waals surface area contributed by atoms with Gasteiger partial charge in [-0.2, -0.15) is 4.31 Å². The van der Waals surface area contributed by atoms with Gasteiger partial charge in [-0.1, -0.05) is 12.5 Å². The molecule has 1 aliphatic rings. The van der Waals surface area contributed by atoms with Gasteiger partial charge in [0.2, 0.25) is 10.0 Å². The fourth-order valence-corrected chi connectivity index (χ4v) is 5.42. The smallest absolute Gasteiger partial charge is 0.338 e. The van der Waals surface area contributed by atoms with Gasteiger partial charge in [0.1, 0.15) is 18.2 Å². The third-order valence-electron chi connectivity index (χ3n) is 5.48. The molecule has 0 amide bonds. The Kier molecular flexibility index (Phi) is 5.97. The van der Waals surface area contributed by atoms with Crippen molar-refractivity contribution in [2.24, 2.45) is 0 Å². The van der Waals surface area contributed by atoms with Crippen LogP contribution in [0.2, 0.25) is 0 Å². The lowest BCUT2D eigenvalue weighted by molar-refractivity contribution is 0.0458. The summed E-state index contributed by atoms with van der Waals surface area (Å²) in [7, 11) is -3.55. The van der Waals surface area contributed by atoms with Gasteiger partial charge >= 0.3 is 5.97 Å². The molecule has 0 radical (unpaired) electrons. The maximum Gasteiger partial charge on any atom is 0.338 e. The monoisotopic (exact) mass is 443 g/mol. The Morgan fingerprint density at radius 3 is 2.61 bits per heavy atom. The van der Waals surface area contributed by atoms with Gasteiger partial charge < -0.3 is 14.4 Å². The van der Waals surface area contributed by atoms with Crippen LogP contribution in [0, 0.1) is 0 Å². The number of phenols is 1. The van der Waals surface area contributed by atoms with E-state index in [9.17, 15) is 18.3 Å². The second-order valence-electron chi connectivity index (χ2n) is 7.51. The lowest BCUT2D eigenvalue weighted by atomic mass is 10.2. The zero-order valence-electron chi connectivity index (χ0n) is 17.3. The first-order chi connectivity index (χ1) is 14.9. The van der Waals surface area contributed by atoms with E-state index in [1.165, 1.54) is 16.4 Å². The highest BCUT2D eigenvalue weighted by atomic mass is 32.2. The summed E-state index contributed by atoms with van der Waals surface area (Å²) < 4.78 is 34.8. The second-order valence-corrected chi connectivity index (χ2v) is 9.45. The third kappa shape index (κ3) is 4.28. The summed E-state index contributed by atoms with van der Waals surface area (Å²) in [4.78, 5) is 17.1. The predicted molar refractivity (Wildman–Crippen MR) is 115 cm³/mol. The quantitative estimate of drug-likeness (QED) is 0.587. The molecule has 164 valence electrons. The third-order valence-corrected chi connectivity index (χ3v) is 7.38. The van der Waals surface area contributed by atoms with Gasteiger partial charge in [0.15, 0.2) is 0 Å². The number of hydrogen-bond donors (Lipinski definition) is 1.